The molecular weight excluding hydrogens is 1230 g/mol. The van der Waals surface area contributed by atoms with E-state index in [9.17, 15) is 43.2 Å². The number of esters is 4. The molecule has 0 amide bonds. The van der Waals surface area contributed by atoms with Crippen LogP contribution in [-0.2, 0) is 65.4 Å². The summed E-state index contributed by atoms with van der Waals surface area (Å²) in [5.41, 5.74) is 0. The first-order valence-electron chi connectivity index (χ1n) is 39.1. The number of rotatable bonds is 75. The van der Waals surface area contributed by atoms with E-state index in [2.05, 4.69) is 34.6 Å². The summed E-state index contributed by atoms with van der Waals surface area (Å²) in [6, 6.07) is 0. The van der Waals surface area contributed by atoms with Crippen LogP contribution in [0.15, 0.2) is 0 Å². The molecule has 94 heavy (non-hydrogen) atoms. The number of aliphatic hydroxyl groups excluding tert-OH is 1. The summed E-state index contributed by atoms with van der Waals surface area (Å²) in [6.45, 7) is 7.24. The lowest BCUT2D eigenvalue weighted by Crippen LogP contribution is -2.30. The topological polar surface area (TPSA) is 237 Å². The molecule has 5 atom stereocenters. The molecule has 0 aliphatic carbocycles. The molecule has 19 heteroatoms. The van der Waals surface area contributed by atoms with E-state index in [1.54, 1.807) is 0 Å². The highest BCUT2D eigenvalue weighted by Crippen LogP contribution is 2.45. The smallest absolute Gasteiger partial charge is 0.462 e. The number of carbonyl (C=O) groups is 4. The highest BCUT2D eigenvalue weighted by atomic mass is 31.2. The van der Waals surface area contributed by atoms with Gasteiger partial charge in [-0.1, -0.05) is 343 Å². The SMILES string of the molecule is CCCCCCCCCCCCCCCCCCCCCC(=O)O[C@H](COC(=O)CCCCCCCCCCCCCCCCC)COP(=O)(O)OC[C@@H](O)COP(=O)(O)OC[C@@H](COC(=O)CCCCCCCCCC)OC(=O)CCCCCCCCCCCC(C)C. The zero-order valence-electron chi connectivity index (χ0n) is 61.1. The van der Waals surface area contributed by atoms with E-state index in [0.717, 1.165) is 102 Å². The molecule has 0 heterocycles. The minimum atomic E-state index is -4.96. The van der Waals surface area contributed by atoms with Crippen molar-refractivity contribution in [1.29, 1.82) is 0 Å². The number of phosphoric acid groups is 2. The van der Waals surface area contributed by atoms with Crippen LogP contribution in [-0.4, -0.2) is 96.7 Å². The zero-order chi connectivity index (χ0) is 69.1. The fraction of sp³-hybridized carbons (Fsp3) is 0.947. The lowest BCUT2D eigenvalue weighted by atomic mass is 10.0. The molecular formula is C75H146O17P2. The molecule has 0 aromatic carbocycles. The van der Waals surface area contributed by atoms with E-state index in [-0.39, 0.29) is 25.7 Å². The van der Waals surface area contributed by atoms with Crippen LogP contribution in [0.2, 0.25) is 0 Å². The third-order valence-corrected chi connectivity index (χ3v) is 19.4. The number of carbonyl (C=O) groups excluding carboxylic acids is 4. The Kier molecular flexibility index (Phi) is 66.8. The van der Waals surface area contributed by atoms with Crippen molar-refractivity contribution in [2.45, 2.75) is 412 Å². The van der Waals surface area contributed by atoms with Crippen molar-refractivity contribution < 1.29 is 80.2 Å². The van der Waals surface area contributed by atoms with E-state index < -0.39 is 97.5 Å². The molecule has 0 saturated heterocycles. The van der Waals surface area contributed by atoms with E-state index in [1.165, 1.54) is 212 Å². The zero-order valence-corrected chi connectivity index (χ0v) is 62.9. The predicted octanol–water partition coefficient (Wildman–Crippen LogP) is 22.1. The fourth-order valence-electron chi connectivity index (χ4n) is 11.5. The average Bonchev–Trinajstić information content (AvgIpc) is 1.82. The van der Waals surface area contributed by atoms with Crippen LogP contribution in [0.4, 0.5) is 0 Å². The van der Waals surface area contributed by atoms with Gasteiger partial charge < -0.3 is 33.8 Å². The highest BCUT2D eigenvalue weighted by molar-refractivity contribution is 7.47. The molecule has 0 aromatic heterocycles. The second-order valence-corrected chi connectivity index (χ2v) is 30.4. The van der Waals surface area contributed by atoms with Gasteiger partial charge in [0.2, 0.25) is 0 Å². The minimum Gasteiger partial charge on any atom is -0.462 e. The average molecular weight is 1380 g/mol. The molecule has 0 radical (unpaired) electrons. The number of ether oxygens (including phenoxy) is 4. The summed E-state index contributed by atoms with van der Waals surface area (Å²) in [6.07, 6.45) is 57.0. The molecule has 0 aliphatic heterocycles. The van der Waals surface area contributed by atoms with E-state index in [1.807, 2.05) is 0 Å². The lowest BCUT2D eigenvalue weighted by molar-refractivity contribution is -0.161. The molecule has 0 aliphatic rings. The van der Waals surface area contributed by atoms with Crippen LogP contribution in [0.5, 0.6) is 0 Å². The highest BCUT2D eigenvalue weighted by Gasteiger charge is 2.30. The van der Waals surface area contributed by atoms with Crippen LogP contribution in [0.1, 0.15) is 394 Å². The molecule has 0 saturated carbocycles. The normalized spacial score (nSPS) is 14.0. The molecule has 0 bridgehead atoms. The summed E-state index contributed by atoms with van der Waals surface area (Å²) in [7, 11) is -9.90. The number of hydrogen-bond donors (Lipinski definition) is 3. The maximum atomic E-state index is 13.1. The molecule has 3 N–H and O–H groups in total. The van der Waals surface area contributed by atoms with Gasteiger partial charge in [-0.3, -0.25) is 37.3 Å². The van der Waals surface area contributed by atoms with Crippen LogP contribution in [0.25, 0.3) is 0 Å². The summed E-state index contributed by atoms with van der Waals surface area (Å²) >= 11 is 0. The molecule has 0 fully saturated rings. The number of unbranched alkanes of at least 4 members (excludes halogenated alkanes) is 47. The quantitative estimate of drug-likeness (QED) is 0.0222. The van der Waals surface area contributed by atoms with Gasteiger partial charge in [0, 0.05) is 25.7 Å². The van der Waals surface area contributed by atoms with Crippen molar-refractivity contribution in [1.82, 2.24) is 0 Å². The Morgan fingerprint density at radius 3 is 0.723 bits per heavy atom. The summed E-state index contributed by atoms with van der Waals surface area (Å²) in [4.78, 5) is 72.7. The van der Waals surface area contributed by atoms with Crippen LogP contribution in [0.3, 0.4) is 0 Å². The van der Waals surface area contributed by atoms with Gasteiger partial charge >= 0.3 is 39.5 Å². The van der Waals surface area contributed by atoms with Gasteiger partial charge in [0.25, 0.3) is 0 Å². The molecule has 0 rings (SSSR count). The van der Waals surface area contributed by atoms with Gasteiger partial charge in [0.05, 0.1) is 26.4 Å². The summed E-state index contributed by atoms with van der Waals surface area (Å²) in [5.74, 6) is -1.38. The van der Waals surface area contributed by atoms with Crippen molar-refractivity contribution in [2.24, 2.45) is 5.92 Å². The molecule has 2 unspecified atom stereocenters. The third-order valence-electron chi connectivity index (χ3n) is 17.5. The Morgan fingerprint density at radius 2 is 0.489 bits per heavy atom. The summed E-state index contributed by atoms with van der Waals surface area (Å²) in [5, 5.41) is 10.6. The Labute approximate surface area is 575 Å². The van der Waals surface area contributed by atoms with Gasteiger partial charge in [-0.2, -0.15) is 0 Å². The molecule has 0 spiro atoms. The molecule has 558 valence electrons. The van der Waals surface area contributed by atoms with E-state index in [4.69, 9.17) is 37.0 Å². The monoisotopic (exact) mass is 1380 g/mol. The number of phosphoric ester groups is 2. The van der Waals surface area contributed by atoms with Crippen molar-refractivity contribution in [3.05, 3.63) is 0 Å². The first-order chi connectivity index (χ1) is 45.5. The standard InChI is InChI=1S/C75H146O17P2/c1-6-9-12-15-18-21-23-25-27-28-29-30-32-34-36-40-45-50-55-60-74(79)91-71(65-86-73(78)59-54-49-44-39-35-33-31-26-24-22-19-16-13-10-7-2)67-90-94(83,84)88-63-69(76)62-87-93(81,82)89-66-70(64-85-72(77)58-53-48-43-20-17-14-11-8-3)92-75(80)61-56-51-46-41-37-38-42-47-52-57-68(4)5/h68-71,76H,6-67H2,1-5H3,(H,81,82)(H,83,84)/t69-,70+,71+/m0/s1. The van der Waals surface area contributed by atoms with Gasteiger partial charge in [-0.05, 0) is 31.6 Å². The van der Waals surface area contributed by atoms with Crippen molar-refractivity contribution >= 4 is 39.5 Å². The lowest BCUT2D eigenvalue weighted by Gasteiger charge is -2.21. The first kappa shape index (κ1) is 92.1. The van der Waals surface area contributed by atoms with Gasteiger partial charge in [0.1, 0.15) is 19.3 Å². The van der Waals surface area contributed by atoms with E-state index >= 15 is 0 Å². The first-order valence-corrected chi connectivity index (χ1v) is 42.1. The fourth-order valence-corrected chi connectivity index (χ4v) is 13.1. The molecule has 17 nitrogen and oxygen atoms in total. The van der Waals surface area contributed by atoms with Crippen LogP contribution < -0.4 is 0 Å². The Bertz CT molecular complexity index is 1810. The Morgan fingerprint density at radius 1 is 0.287 bits per heavy atom. The van der Waals surface area contributed by atoms with Crippen LogP contribution in [0, 0.1) is 5.92 Å². The Balaban J connectivity index is 5.20. The second-order valence-electron chi connectivity index (χ2n) is 27.5. The maximum absolute atomic E-state index is 13.1. The van der Waals surface area contributed by atoms with Crippen molar-refractivity contribution in [3.8, 4) is 0 Å². The van der Waals surface area contributed by atoms with Crippen molar-refractivity contribution in [3.63, 3.8) is 0 Å². The van der Waals surface area contributed by atoms with Crippen LogP contribution >= 0.6 is 15.6 Å². The van der Waals surface area contributed by atoms with E-state index in [0.29, 0.717) is 25.7 Å². The number of aliphatic hydroxyl groups is 1. The Hall–Kier alpha value is -1.94. The third kappa shape index (κ3) is 68.6. The van der Waals surface area contributed by atoms with Gasteiger partial charge in [-0.25, -0.2) is 9.13 Å². The molecule has 0 aromatic rings. The van der Waals surface area contributed by atoms with Gasteiger partial charge in [-0.15, -0.1) is 0 Å². The van der Waals surface area contributed by atoms with Crippen molar-refractivity contribution in [2.75, 3.05) is 39.6 Å². The summed E-state index contributed by atoms with van der Waals surface area (Å²) < 4.78 is 68.4. The second kappa shape index (κ2) is 68.2. The van der Waals surface area contributed by atoms with Gasteiger partial charge in [0.15, 0.2) is 12.2 Å². The largest absolute Gasteiger partial charge is 0.472 e. The number of hydrogen-bond acceptors (Lipinski definition) is 15. The minimum absolute atomic E-state index is 0.106. The maximum Gasteiger partial charge on any atom is 0.472 e. The predicted molar refractivity (Wildman–Crippen MR) is 382 cm³/mol.